The summed E-state index contributed by atoms with van der Waals surface area (Å²) in [5, 5.41) is 3.62. The number of hydrogen-bond acceptors (Lipinski definition) is 6. The third kappa shape index (κ3) is 3.30. The zero-order chi connectivity index (χ0) is 18.1. The first-order valence-electron chi connectivity index (χ1n) is 9.17. The van der Waals surface area contributed by atoms with Crippen molar-refractivity contribution in [2.75, 3.05) is 11.9 Å². The molecule has 0 saturated heterocycles. The molecule has 3 saturated carbocycles. The number of rotatable bonds is 5. The molecule has 0 unspecified atom stereocenters. The number of furan rings is 1. The minimum atomic E-state index is -0.136. The predicted octanol–water partition coefficient (Wildman–Crippen LogP) is 4.17. The molecular weight excluding hydrogens is 354 g/mol. The predicted molar refractivity (Wildman–Crippen MR) is 97.7 cm³/mol. The molecule has 138 valence electrons. The maximum atomic E-state index is 12.6. The van der Waals surface area contributed by atoms with Gasteiger partial charge >= 0.3 is 5.97 Å². The van der Waals surface area contributed by atoms with E-state index in [-0.39, 0.29) is 23.2 Å². The Morgan fingerprint density at radius 3 is 2.77 bits per heavy atom. The molecule has 2 bridgehead atoms. The number of ether oxygens (including phenoxy) is 1. The van der Waals surface area contributed by atoms with Gasteiger partial charge in [-0.2, -0.15) is 0 Å². The molecule has 2 aromatic rings. The van der Waals surface area contributed by atoms with Crippen LogP contribution in [0.15, 0.2) is 28.9 Å². The van der Waals surface area contributed by atoms with Crippen LogP contribution in [0.1, 0.15) is 32.6 Å². The van der Waals surface area contributed by atoms with Crippen LogP contribution in [0, 0.1) is 17.8 Å². The van der Waals surface area contributed by atoms with Crippen LogP contribution in [0.4, 0.5) is 5.82 Å². The van der Waals surface area contributed by atoms with Crippen LogP contribution >= 0.6 is 11.6 Å². The van der Waals surface area contributed by atoms with E-state index in [0.29, 0.717) is 35.7 Å². The van der Waals surface area contributed by atoms with Gasteiger partial charge in [0.1, 0.15) is 11.5 Å². The molecule has 3 aliphatic rings. The molecule has 5 rings (SSSR count). The normalized spacial score (nSPS) is 27.3. The van der Waals surface area contributed by atoms with E-state index < -0.39 is 0 Å². The van der Waals surface area contributed by atoms with Gasteiger partial charge in [-0.25, -0.2) is 9.97 Å². The van der Waals surface area contributed by atoms with Gasteiger partial charge in [0, 0.05) is 12.1 Å². The van der Waals surface area contributed by atoms with Crippen molar-refractivity contribution in [2.45, 2.75) is 38.6 Å². The van der Waals surface area contributed by atoms with Crippen LogP contribution < -0.4 is 5.32 Å². The molecule has 2 heterocycles. The molecule has 1 N–H and O–H groups in total. The summed E-state index contributed by atoms with van der Waals surface area (Å²) in [6, 6.07) is 5.45. The van der Waals surface area contributed by atoms with Crippen molar-refractivity contribution in [3.8, 4) is 11.5 Å². The zero-order valence-electron chi connectivity index (χ0n) is 14.7. The van der Waals surface area contributed by atoms with Crippen LogP contribution in [0.25, 0.3) is 11.5 Å². The number of carbonyl (C=O) groups excluding carboxylic acids is 1. The maximum Gasteiger partial charge on any atom is 0.311 e. The van der Waals surface area contributed by atoms with Gasteiger partial charge in [-0.15, -0.1) is 0 Å². The molecule has 3 aliphatic carbocycles. The molecule has 0 radical (unpaired) electrons. The number of aromatic nitrogens is 2. The third-order valence-corrected chi connectivity index (χ3v) is 5.73. The van der Waals surface area contributed by atoms with Crippen molar-refractivity contribution in [1.82, 2.24) is 9.97 Å². The molecule has 0 aliphatic heterocycles. The first-order valence-corrected chi connectivity index (χ1v) is 9.55. The molecule has 26 heavy (non-hydrogen) atoms. The number of esters is 1. The highest BCUT2D eigenvalue weighted by molar-refractivity contribution is 6.28. The van der Waals surface area contributed by atoms with Gasteiger partial charge in [-0.3, -0.25) is 4.79 Å². The summed E-state index contributed by atoms with van der Waals surface area (Å²) in [5.74, 6) is 1.82. The van der Waals surface area contributed by atoms with Gasteiger partial charge in [0.2, 0.25) is 5.28 Å². The van der Waals surface area contributed by atoms with E-state index in [9.17, 15) is 4.79 Å². The van der Waals surface area contributed by atoms with Crippen molar-refractivity contribution in [2.24, 2.45) is 17.8 Å². The Morgan fingerprint density at radius 1 is 1.31 bits per heavy atom. The van der Waals surface area contributed by atoms with Crippen molar-refractivity contribution >= 4 is 23.4 Å². The Hall–Kier alpha value is -2.08. The molecule has 0 spiro atoms. The molecule has 2 aromatic heterocycles. The lowest BCUT2D eigenvalue weighted by Gasteiger charge is -2.47. The summed E-state index contributed by atoms with van der Waals surface area (Å²) in [6.45, 7) is 2.25. The van der Waals surface area contributed by atoms with E-state index in [1.165, 1.54) is 0 Å². The average molecular weight is 376 g/mol. The topological polar surface area (TPSA) is 77.2 Å². The first-order chi connectivity index (χ1) is 12.7. The number of anilines is 1. The van der Waals surface area contributed by atoms with E-state index in [1.54, 1.807) is 12.3 Å². The van der Waals surface area contributed by atoms with E-state index in [2.05, 4.69) is 15.3 Å². The second-order valence-corrected chi connectivity index (χ2v) is 7.35. The monoisotopic (exact) mass is 375 g/mol. The summed E-state index contributed by atoms with van der Waals surface area (Å²) in [6.07, 6.45) is 6.03. The van der Waals surface area contributed by atoms with Crippen LogP contribution in [-0.2, 0) is 9.53 Å². The maximum absolute atomic E-state index is 12.6. The largest absolute Gasteiger partial charge is 0.466 e. The van der Waals surface area contributed by atoms with E-state index in [4.69, 9.17) is 20.8 Å². The second-order valence-electron chi connectivity index (χ2n) is 7.01. The Balaban J connectivity index is 1.61. The van der Waals surface area contributed by atoms with Crippen molar-refractivity contribution in [1.29, 1.82) is 0 Å². The van der Waals surface area contributed by atoms with Gasteiger partial charge in [-0.1, -0.05) is 0 Å². The molecule has 0 aromatic carbocycles. The van der Waals surface area contributed by atoms with E-state index in [0.717, 1.165) is 25.7 Å². The SMILES string of the molecule is CCOC(=O)[C@H]1C2CCC(CC2)[C@@H]1Nc1cc(-c2ccco2)nc(Cl)n1. The van der Waals surface area contributed by atoms with Crippen LogP contribution in [0.5, 0.6) is 0 Å². The smallest absolute Gasteiger partial charge is 0.311 e. The zero-order valence-corrected chi connectivity index (χ0v) is 15.4. The van der Waals surface area contributed by atoms with Crippen molar-refractivity contribution in [3.63, 3.8) is 0 Å². The van der Waals surface area contributed by atoms with Crippen LogP contribution in [-0.4, -0.2) is 28.6 Å². The third-order valence-electron chi connectivity index (χ3n) is 5.56. The highest BCUT2D eigenvalue weighted by Crippen LogP contribution is 2.46. The second kappa shape index (κ2) is 7.27. The molecule has 6 nitrogen and oxygen atoms in total. The van der Waals surface area contributed by atoms with Crippen LogP contribution in [0.2, 0.25) is 5.28 Å². The fraction of sp³-hybridized carbons (Fsp3) is 0.526. The quantitative estimate of drug-likeness (QED) is 0.624. The molecule has 7 heteroatoms. The van der Waals surface area contributed by atoms with Crippen molar-refractivity contribution < 1.29 is 13.9 Å². The number of halogens is 1. The summed E-state index contributed by atoms with van der Waals surface area (Å²) >= 11 is 6.12. The lowest BCUT2D eigenvalue weighted by atomic mass is 9.61. The molecule has 3 fully saturated rings. The van der Waals surface area contributed by atoms with Gasteiger partial charge < -0.3 is 14.5 Å². The van der Waals surface area contributed by atoms with Gasteiger partial charge in [0.05, 0.1) is 18.8 Å². The fourth-order valence-corrected chi connectivity index (χ4v) is 4.63. The fourth-order valence-electron chi connectivity index (χ4n) is 4.45. The summed E-state index contributed by atoms with van der Waals surface area (Å²) in [7, 11) is 0. The Bertz CT molecular complexity index is 772. The molecule has 2 atom stereocenters. The van der Waals surface area contributed by atoms with Gasteiger partial charge in [0.15, 0.2) is 5.76 Å². The number of fused-ring (bicyclic) bond motifs is 3. The average Bonchev–Trinajstić information content (AvgIpc) is 3.17. The van der Waals surface area contributed by atoms with Crippen LogP contribution in [0.3, 0.4) is 0 Å². The minimum absolute atomic E-state index is 0.0111. The Morgan fingerprint density at radius 2 is 2.08 bits per heavy atom. The lowest BCUT2D eigenvalue weighted by molar-refractivity contribution is -0.154. The first kappa shape index (κ1) is 17.3. The molecule has 0 amide bonds. The van der Waals surface area contributed by atoms with Crippen molar-refractivity contribution in [3.05, 3.63) is 29.7 Å². The number of nitrogens with zero attached hydrogens (tertiary/aromatic N) is 2. The van der Waals surface area contributed by atoms with Gasteiger partial charge in [-0.05, 0) is 68.2 Å². The summed E-state index contributed by atoms with van der Waals surface area (Å²) < 4.78 is 10.8. The number of carbonyl (C=O) groups is 1. The standard InChI is InChI=1S/C19H22ClN3O3/c1-2-25-18(24)16-11-5-7-12(8-6-11)17(16)22-15-10-13(21-19(20)23-15)14-4-3-9-26-14/h3-4,9-12,16-17H,2,5-8H2,1H3,(H,21,22,23)/t11?,12?,16-,17-/m0/s1. The Kier molecular flexibility index (Phi) is 4.85. The Labute approximate surface area is 157 Å². The molecular formula is C19H22ClN3O3. The summed E-state index contributed by atoms with van der Waals surface area (Å²) in [4.78, 5) is 21.1. The highest BCUT2D eigenvalue weighted by Gasteiger charge is 2.48. The highest BCUT2D eigenvalue weighted by atomic mass is 35.5. The number of hydrogen-bond donors (Lipinski definition) is 1. The number of nitrogens with one attached hydrogen (secondary N) is 1. The van der Waals surface area contributed by atoms with E-state index in [1.807, 2.05) is 19.1 Å². The van der Waals surface area contributed by atoms with E-state index >= 15 is 0 Å². The lowest BCUT2D eigenvalue weighted by Crippen LogP contribution is -2.52. The summed E-state index contributed by atoms with van der Waals surface area (Å²) in [5.41, 5.74) is 0.617. The minimum Gasteiger partial charge on any atom is -0.466 e. The van der Waals surface area contributed by atoms with Gasteiger partial charge in [0.25, 0.3) is 0 Å².